The molecule has 0 heterocycles. The number of allylic oxidation sites excluding steroid dienone is 2. The Labute approximate surface area is 185 Å². The minimum absolute atomic E-state index is 0.0707. The Balaban J connectivity index is 2.70. The Kier molecular flexibility index (Phi) is 9.43. The summed E-state index contributed by atoms with van der Waals surface area (Å²) in [5.74, 6) is -0.0707. The van der Waals surface area contributed by atoms with Crippen LogP contribution in [0, 0.1) is 5.92 Å². The van der Waals surface area contributed by atoms with Crippen LogP contribution in [0.4, 0.5) is 0 Å². The molecule has 1 unspecified atom stereocenters. The summed E-state index contributed by atoms with van der Waals surface area (Å²) in [6.07, 6.45) is 7.21. The van der Waals surface area contributed by atoms with E-state index in [4.69, 9.17) is 4.99 Å². The molecule has 1 aromatic rings. The van der Waals surface area contributed by atoms with Gasteiger partial charge >= 0.3 is 0 Å². The molecule has 0 spiro atoms. The molecule has 0 aromatic heterocycles. The Morgan fingerprint density at radius 2 is 1.23 bits per heavy atom. The van der Waals surface area contributed by atoms with Crippen LogP contribution in [0.1, 0.15) is 61.0 Å². The Hall–Kier alpha value is -1.32. The van der Waals surface area contributed by atoms with Crippen LogP contribution in [-0.2, 0) is 0 Å². The van der Waals surface area contributed by atoms with Crippen LogP contribution in [0.5, 0.6) is 0 Å². The van der Waals surface area contributed by atoms with Crippen LogP contribution in [-0.4, -0.2) is 50.3 Å². The van der Waals surface area contributed by atoms with E-state index in [0.717, 1.165) is 11.0 Å². The van der Waals surface area contributed by atoms with Crippen LogP contribution >= 0.6 is 8.22 Å². The smallest absolute Gasteiger partial charge is 0.155 e. The predicted octanol–water partition coefficient (Wildman–Crippen LogP) is 6.04. The average molecular weight is 430 g/mol. The van der Waals surface area contributed by atoms with Gasteiger partial charge in [0, 0.05) is 35.6 Å². The molecule has 0 aliphatic heterocycles. The van der Waals surface area contributed by atoms with Crippen molar-refractivity contribution in [2.24, 2.45) is 10.9 Å². The lowest BCUT2D eigenvalue weighted by Crippen LogP contribution is -2.45. The zero-order valence-electron chi connectivity index (χ0n) is 19.9. The minimum atomic E-state index is -0.923. The first-order valence-corrected chi connectivity index (χ1v) is 12.4. The Bertz CT molecular complexity index is 692. The molecule has 0 saturated heterocycles. The van der Waals surface area contributed by atoms with Crippen LogP contribution in [0.15, 0.2) is 59.6 Å². The summed E-state index contributed by atoms with van der Waals surface area (Å²) < 4.78 is 5.16. The van der Waals surface area contributed by atoms with Gasteiger partial charge in [-0.2, -0.15) is 0 Å². The highest BCUT2D eigenvalue weighted by Crippen LogP contribution is 2.53. The van der Waals surface area contributed by atoms with Crippen molar-refractivity contribution in [2.75, 3.05) is 0 Å². The summed E-state index contributed by atoms with van der Waals surface area (Å²) in [4.78, 5) is 5.02. The number of benzene rings is 1. The van der Waals surface area contributed by atoms with E-state index < -0.39 is 14.5 Å². The van der Waals surface area contributed by atoms with E-state index in [0.29, 0.717) is 24.2 Å². The number of aliphatic hydroxyl groups is 1. The van der Waals surface area contributed by atoms with Crippen LogP contribution in [0.2, 0.25) is 0 Å². The van der Waals surface area contributed by atoms with Gasteiger partial charge in [0.2, 0.25) is 0 Å². The molecule has 0 amide bonds. The fraction of sp³-hybridized carbons (Fsp3) is 0.560. The highest BCUT2D eigenvalue weighted by molar-refractivity contribution is 7.71. The van der Waals surface area contributed by atoms with Gasteiger partial charge in [0.1, 0.15) is 0 Å². The van der Waals surface area contributed by atoms with E-state index in [1.54, 1.807) is 0 Å². The highest BCUT2D eigenvalue weighted by Gasteiger charge is 2.37. The molecule has 1 aliphatic rings. The van der Waals surface area contributed by atoms with Gasteiger partial charge in [-0.25, -0.2) is 4.99 Å². The van der Waals surface area contributed by atoms with Gasteiger partial charge < -0.3 is 5.11 Å². The van der Waals surface area contributed by atoms with E-state index in [9.17, 15) is 5.11 Å². The molecule has 0 radical (unpaired) electrons. The van der Waals surface area contributed by atoms with Crippen LogP contribution in [0.3, 0.4) is 0 Å². The van der Waals surface area contributed by atoms with Crippen molar-refractivity contribution in [1.29, 1.82) is 0 Å². The molecule has 1 N–H and O–H groups in total. The summed E-state index contributed by atoms with van der Waals surface area (Å²) in [6, 6.07) is 11.8. The van der Waals surface area contributed by atoms with Crippen LogP contribution in [0.25, 0.3) is 0 Å². The first kappa shape index (κ1) is 24.9. The quantitative estimate of drug-likeness (QED) is 0.364. The molecule has 1 aliphatic carbocycles. The van der Waals surface area contributed by atoms with Gasteiger partial charge in [-0.05, 0) is 55.4 Å². The molecular weight excluding hydrogens is 389 g/mol. The standard InChI is InChI=1S/C25H40N3OP/c1-18(2)27(19(3)4)30(28(20(5)6)21(7)8)25(23-16-10-9-11-17-23)26-24(29)22-14-12-13-15-22/h9-22,24,29H,1-8H3. The van der Waals surface area contributed by atoms with Crippen LogP contribution < -0.4 is 0 Å². The maximum Gasteiger partial charge on any atom is 0.155 e. The third-order valence-electron chi connectivity index (χ3n) is 5.15. The SMILES string of the molecule is CC(C)N(C(C)C)P(C(=NC(O)C1C=CC=C1)c1ccccc1)N(C(C)C)C(C)C. The number of hydrogen-bond donors (Lipinski definition) is 1. The molecule has 0 saturated carbocycles. The maximum atomic E-state index is 11.0. The molecule has 1 atom stereocenters. The first-order chi connectivity index (χ1) is 14.1. The van der Waals surface area contributed by atoms with E-state index in [-0.39, 0.29) is 5.92 Å². The van der Waals surface area contributed by atoms with Crippen molar-refractivity contribution < 1.29 is 5.11 Å². The van der Waals surface area contributed by atoms with Crippen molar-refractivity contribution >= 4 is 13.7 Å². The monoisotopic (exact) mass is 429 g/mol. The fourth-order valence-electron chi connectivity index (χ4n) is 4.09. The average Bonchev–Trinajstić information content (AvgIpc) is 3.20. The normalized spacial score (nSPS) is 16.6. The molecular formula is C25H40N3OP. The van der Waals surface area contributed by atoms with Crippen molar-refractivity contribution in [2.45, 2.75) is 85.8 Å². The third kappa shape index (κ3) is 6.11. The van der Waals surface area contributed by atoms with E-state index >= 15 is 0 Å². The molecule has 2 rings (SSSR count). The maximum absolute atomic E-state index is 11.0. The summed E-state index contributed by atoms with van der Waals surface area (Å²) in [5, 5.41) is 11.0. The van der Waals surface area contributed by atoms with E-state index in [2.05, 4.69) is 89.0 Å². The second-order valence-electron chi connectivity index (χ2n) is 9.00. The zero-order valence-corrected chi connectivity index (χ0v) is 20.8. The third-order valence-corrected chi connectivity index (χ3v) is 8.63. The Morgan fingerprint density at radius 1 is 0.800 bits per heavy atom. The van der Waals surface area contributed by atoms with Crippen molar-refractivity contribution in [3.05, 3.63) is 60.2 Å². The fourth-order valence-corrected chi connectivity index (χ4v) is 7.12. The molecule has 1 aromatic carbocycles. The molecule has 5 heteroatoms. The zero-order chi connectivity index (χ0) is 22.4. The number of nitrogens with zero attached hydrogens (tertiary/aromatic N) is 3. The molecule has 166 valence electrons. The van der Waals surface area contributed by atoms with Crippen molar-refractivity contribution in [3.8, 4) is 0 Å². The van der Waals surface area contributed by atoms with Crippen molar-refractivity contribution in [3.63, 3.8) is 0 Å². The van der Waals surface area contributed by atoms with E-state index in [1.807, 2.05) is 30.4 Å². The van der Waals surface area contributed by atoms with Gasteiger partial charge in [-0.15, -0.1) is 0 Å². The topological polar surface area (TPSA) is 39.1 Å². The summed E-state index contributed by atoms with van der Waals surface area (Å²) in [5.41, 5.74) is 2.09. The molecule has 0 bridgehead atoms. The molecule has 30 heavy (non-hydrogen) atoms. The minimum Gasteiger partial charge on any atom is -0.371 e. The lowest BCUT2D eigenvalue weighted by molar-refractivity contribution is 0.159. The summed E-state index contributed by atoms with van der Waals surface area (Å²) >= 11 is 0. The van der Waals surface area contributed by atoms with Gasteiger partial charge in [0.25, 0.3) is 0 Å². The second-order valence-corrected chi connectivity index (χ2v) is 10.9. The second kappa shape index (κ2) is 11.3. The number of aliphatic imine (C=N–C) groups is 1. The summed E-state index contributed by atoms with van der Waals surface area (Å²) in [7, 11) is -0.923. The van der Waals surface area contributed by atoms with Gasteiger partial charge in [0.15, 0.2) is 6.23 Å². The number of hydrogen-bond acceptors (Lipinski definition) is 4. The lowest BCUT2D eigenvalue weighted by Gasteiger charge is -2.47. The highest BCUT2D eigenvalue weighted by atomic mass is 31.1. The molecule has 0 fully saturated rings. The Morgan fingerprint density at radius 3 is 1.63 bits per heavy atom. The van der Waals surface area contributed by atoms with Gasteiger partial charge in [-0.3, -0.25) is 9.34 Å². The summed E-state index contributed by atoms with van der Waals surface area (Å²) in [6.45, 7) is 18.1. The first-order valence-electron chi connectivity index (χ1n) is 11.2. The van der Waals surface area contributed by atoms with Gasteiger partial charge in [-0.1, -0.05) is 54.6 Å². The van der Waals surface area contributed by atoms with Crippen molar-refractivity contribution in [1.82, 2.24) is 9.34 Å². The largest absolute Gasteiger partial charge is 0.371 e. The number of aliphatic hydroxyl groups excluding tert-OH is 1. The van der Waals surface area contributed by atoms with Gasteiger partial charge in [0.05, 0.1) is 13.7 Å². The number of rotatable bonds is 10. The predicted molar refractivity (Wildman–Crippen MR) is 132 cm³/mol. The van der Waals surface area contributed by atoms with E-state index in [1.165, 1.54) is 0 Å². The lowest BCUT2D eigenvalue weighted by atomic mass is 10.1. The molecule has 4 nitrogen and oxygen atoms in total.